The molecular formula is C24H22FN3O3S. The molecule has 0 saturated carbocycles. The Hall–Kier alpha value is -3.39. The molecule has 0 aliphatic rings. The second-order valence-electron chi connectivity index (χ2n) is 7.30. The predicted octanol–water partition coefficient (Wildman–Crippen LogP) is 5.20. The van der Waals surface area contributed by atoms with Gasteiger partial charge in [-0.25, -0.2) is 9.18 Å². The van der Waals surface area contributed by atoms with Crippen molar-refractivity contribution in [3.8, 4) is 5.75 Å². The highest BCUT2D eigenvalue weighted by Crippen LogP contribution is 2.28. The van der Waals surface area contributed by atoms with Crippen LogP contribution in [0, 0.1) is 19.7 Å². The molecule has 164 valence electrons. The van der Waals surface area contributed by atoms with Crippen LogP contribution < -0.4 is 10.4 Å². The predicted molar refractivity (Wildman–Crippen MR) is 122 cm³/mol. The first-order valence-electron chi connectivity index (χ1n) is 10.0. The fourth-order valence-electron chi connectivity index (χ4n) is 3.31. The summed E-state index contributed by atoms with van der Waals surface area (Å²) >= 11 is 1.47. The van der Waals surface area contributed by atoms with E-state index in [1.165, 1.54) is 30.0 Å². The highest BCUT2D eigenvalue weighted by atomic mass is 32.2. The molecule has 8 heteroatoms. The lowest BCUT2D eigenvalue weighted by Gasteiger charge is -2.10. The second-order valence-corrected chi connectivity index (χ2v) is 8.25. The van der Waals surface area contributed by atoms with Gasteiger partial charge in [-0.1, -0.05) is 30.0 Å². The summed E-state index contributed by atoms with van der Waals surface area (Å²) in [6, 6.07) is 11.3. The van der Waals surface area contributed by atoms with Gasteiger partial charge in [0.15, 0.2) is 11.0 Å². The summed E-state index contributed by atoms with van der Waals surface area (Å²) in [6.45, 7) is 8.44. The lowest BCUT2D eigenvalue weighted by Crippen LogP contribution is -2.07. The van der Waals surface area contributed by atoms with Crippen molar-refractivity contribution in [1.29, 1.82) is 0 Å². The van der Waals surface area contributed by atoms with E-state index < -0.39 is 0 Å². The van der Waals surface area contributed by atoms with E-state index in [1.54, 1.807) is 18.2 Å². The number of thioether (sulfide) groups is 1. The molecule has 4 aromatic rings. The van der Waals surface area contributed by atoms with E-state index in [4.69, 9.17) is 9.15 Å². The van der Waals surface area contributed by atoms with E-state index in [0.29, 0.717) is 34.6 Å². The van der Waals surface area contributed by atoms with E-state index in [2.05, 4.69) is 16.8 Å². The number of hydrogen-bond acceptors (Lipinski definition) is 6. The van der Waals surface area contributed by atoms with E-state index in [1.807, 2.05) is 30.5 Å². The zero-order chi connectivity index (χ0) is 22.7. The minimum absolute atomic E-state index is 0.184. The van der Waals surface area contributed by atoms with Gasteiger partial charge >= 0.3 is 5.63 Å². The topological polar surface area (TPSA) is 70.2 Å². The number of hydrogen-bond donors (Lipinski definition) is 0. The third-order valence-electron chi connectivity index (χ3n) is 5.16. The summed E-state index contributed by atoms with van der Waals surface area (Å²) in [6.07, 6.45) is 1.76. The summed E-state index contributed by atoms with van der Waals surface area (Å²) in [5, 5.41) is 10.1. The lowest BCUT2D eigenvalue weighted by atomic mass is 10.0. The molecule has 0 N–H and O–H groups in total. The first-order valence-corrected chi connectivity index (χ1v) is 11.0. The number of allylic oxidation sites excluding steroid dienone is 1. The van der Waals surface area contributed by atoms with Crippen molar-refractivity contribution >= 4 is 22.7 Å². The van der Waals surface area contributed by atoms with Gasteiger partial charge in [0, 0.05) is 23.8 Å². The summed E-state index contributed by atoms with van der Waals surface area (Å²) in [7, 11) is 0. The zero-order valence-corrected chi connectivity index (χ0v) is 18.6. The largest absolute Gasteiger partial charge is 0.486 e. The molecule has 0 aliphatic heterocycles. The van der Waals surface area contributed by atoms with Crippen molar-refractivity contribution in [2.45, 2.75) is 37.9 Å². The van der Waals surface area contributed by atoms with Crippen LogP contribution in [0.5, 0.6) is 5.75 Å². The molecule has 0 unspecified atom stereocenters. The maximum absolute atomic E-state index is 13.1. The number of aromatic nitrogens is 3. The summed E-state index contributed by atoms with van der Waals surface area (Å²) in [5.41, 5.74) is 3.15. The van der Waals surface area contributed by atoms with Gasteiger partial charge in [-0.15, -0.1) is 16.8 Å². The third kappa shape index (κ3) is 4.60. The van der Waals surface area contributed by atoms with Crippen molar-refractivity contribution < 1.29 is 13.5 Å². The van der Waals surface area contributed by atoms with E-state index in [0.717, 1.165) is 22.1 Å². The summed E-state index contributed by atoms with van der Waals surface area (Å²) in [4.78, 5) is 12.1. The van der Waals surface area contributed by atoms with Crippen molar-refractivity contribution in [1.82, 2.24) is 14.8 Å². The van der Waals surface area contributed by atoms with Gasteiger partial charge in [-0.2, -0.15) is 0 Å². The smallest absolute Gasteiger partial charge is 0.336 e. The number of benzene rings is 2. The van der Waals surface area contributed by atoms with Gasteiger partial charge in [0.25, 0.3) is 0 Å². The molecule has 0 aliphatic carbocycles. The molecule has 32 heavy (non-hydrogen) atoms. The van der Waals surface area contributed by atoms with Gasteiger partial charge in [0.2, 0.25) is 0 Å². The normalized spacial score (nSPS) is 11.1. The van der Waals surface area contributed by atoms with Gasteiger partial charge < -0.3 is 9.15 Å². The maximum atomic E-state index is 13.1. The van der Waals surface area contributed by atoms with Gasteiger partial charge in [-0.3, -0.25) is 4.57 Å². The van der Waals surface area contributed by atoms with Crippen LogP contribution in [0.4, 0.5) is 4.39 Å². The molecular weight excluding hydrogens is 429 g/mol. The Labute approximate surface area is 188 Å². The van der Waals surface area contributed by atoms with Gasteiger partial charge in [0.1, 0.15) is 23.8 Å². The van der Waals surface area contributed by atoms with E-state index in [9.17, 15) is 9.18 Å². The van der Waals surface area contributed by atoms with Crippen LogP contribution in [-0.2, 0) is 18.9 Å². The Balaban J connectivity index is 1.56. The Morgan fingerprint density at radius 3 is 2.72 bits per heavy atom. The Bertz CT molecular complexity index is 1330. The van der Waals surface area contributed by atoms with E-state index in [-0.39, 0.29) is 18.0 Å². The first-order chi connectivity index (χ1) is 15.5. The molecule has 0 bridgehead atoms. The quantitative estimate of drug-likeness (QED) is 0.208. The molecule has 0 radical (unpaired) electrons. The number of halogens is 1. The van der Waals surface area contributed by atoms with Crippen LogP contribution in [-0.4, -0.2) is 14.8 Å². The Kier molecular flexibility index (Phi) is 6.41. The summed E-state index contributed by atoms with van der Waals surface area (Å²) < 4.78 is 26.2. The molecule has 0 spiro atoms. The highest BCUT2D eigenvalue weighted by molar-refractivity contribution is 7.98. The molecule has 6 nitrogen and oxygen atoms in total. The highest BCUT2D eigenvalue weighted by Gasteiger charge is 2.15. The van der Waals surface area contributed by atoms with Gasteiger partial charge in [0.05, 0.1) is 0 Å². The van der Waals surface area contributed by atoms with Crippen molar-refractivity contribution in [3.63, 3.8) is 0 Å². The number of fused-ring (bicyclic) bond motifs is 1. The fraction of sp³-hybridized carbons (Fsp3) is 0.208. The van der Waals surface area contributed by atoms with Crippen molar-refractivity contribution in [3.05, 3.63) is 93.9 Å². The molecule has 2 heterocycles. The van der Waals surface area contributed by atoms with E-state index >= 15 is 0 Å². The monoisotopic (exact) mass is 451 g/mol. The second kappa shape index (κ2) is 9.40. The van der Waals surface area contributed by atoms with Crippen LogP contribution in [0.15, 0.2) is 69.5 Å². The average Bonchev–Trinajstić information content (AvgIpc) is 3.16. The van der Waals surface area contributed by atoms with Crippen LogP contribution in [0.2, 0.25) is 0 Å². The SMILES string of the molecule is C=CCn1c(COc2ccc(F)cc2)nnc1SCc1cc(=O)oc2c(C)c(C)ccc12. The number of nitrogens with zero attached hydrogens (tertiary/aromatic N) is 3. The van der Waals surface area contributed by atoms with Crippen LogP contribution in [0.25, 0.3) is 11.0 Å². The Morgan fingerprint density at radius 2 is 1.97 bits per heavy atom. The first kappa shape index (κ1) is 21.8. The minimum atomic E-state index is -0.372. The standard InChI is InChI=1S/C24H22FN3O3S/c1-4-11-28-21(13-30-19-8-6-18(25)7-9-19)26-27-24(28)32-14-17-12-22(29)31-23-16(3)15(2)5-10-20(17)23/h4-10,12H,1,11,13-14H2,2-3H3. The zero-order valence-electron chi connectivity index (χ0n) is 17.8. The number of rotatable bonds is 8. The molecule has 0 atom stereocenters. The molecule has 0 amide bonds. The molecule has 2 aromatic heterocycles. The van der Waals surface area contributed by atoms with Crippen LogP contribution in [0.3, 0.4) is 0 Å². The lowest BCUT2D eigenvalue weighted by molar-refractivity contribution is 0.288. The number of ether oxygens (including phenoxy) is 1. The van der Waals surface area contributed by atoms with Crippen molar-refractivity contribution in [2.24, 2.45) is 0 Å². The number of aryl methyl sites for hydroxylation is 2. The minimum Gasteiger partial charge on any atom is -0.486 e. The average molecular weight is 452 g/mol. The molecule has 0 fully saturated rings. The van der Waals surface area contributed by atoms with Gasteiger partial charge in [-0.05, 0) is 54.8 Å². The van der Waals surface area contributed by atoms with Crippen molar-refractivity contribution in [2.75, 3.05) is 0 Å². The molecule has 4 rings (SSSR count). The molecule has 2 aromatic carbocycles. The fourth-order valence-corrected chi connectivity index (χ4v) is 4.27. The third-order valence-corrected chi connectivity index (χ3v) is 6.18. The van der Waals surface area contributed by atoms with Crippen LogP contribution >= 0.6 is 11.8 Å². The van der Waals surface area contributed by atoms with Crippen LogP contribution in [0.1, 0.15) is 22.5 Å². The summed E-state index contributed by atoms with van der Waals surface area (Å²) in [5.74, 6) is 1.37. The maximum Gasteiger partial charge on any atom is 0.336 e. The Morgan fingerprint density at radius 1 is 1.19 bits per heavy atom. The molecule has 0 saturated heterocycles.